The summed E-state index contributed by atoms with van der Waals surface area (Å²) in [5.74, 6) is 1.38. The van der Waals surface area contributed by atoms with Crippen molar-refractivity contribution in [2.24, 2.45) is 5.92 Å². The lowest BCUT2D eigenvalue weighted by molar-refractivity contribution is 0.282. The molecule has 1 fully saturated rings. The summed E-state index contributed by atoms with van der Waals surface area (Å²) < 4.78 is 24.6. The third-order valence-corrected chi connectivity index (χ3v) is 5.59. The predicted molar refractivity (Wildman–Crippen MR) is 110 cm³/mol. The molecule has 0 aliphatic carbocycles. The predicted octanol–water partition coefficient (Wildman–Crippen LogP) is 5.47. The van der Waals surface area contributed by atoms with Crippen LogP contribution >= 0.6 is 23.8 Å². The Labute approximate surface area is 170 Å². The van der Waals surface area contributed by atoms with Crippen LogP contribution in [-0.2, 0) is 6.61 Å². The van der Waals surface area contributed by atoms with E-state index in [-0.39, 0.29) is 12.4 Å². The summed E-state index contributed by atoms with van der Waals surface area (Å²) >= 11 is 12.1. The Hall–Kier alpha value is -1.85. The molecule has 0 N–H and O–H groups in total. The lowest BCUT2D eigenvalue weighted by Gasteiger charge is -2.32. The van der Waals surface area contributed by atoms with E-state index in [2.05, 4.69) is 11.8 Å². The summed E-state index contributed by atoms with van der Waals surface area (Å²) in [6.07, 6.45) is 2.28. The Morgan fingerprint density at radius 1 is 1.26 bits per heavy atom. The molecule has 1 aliphatic rings. The lowest BCUT2D eigenvalue weighted by Crippen LogP contribution is -2.37. The number of halogens is 2. The second-order valence-corrected chi connectivity index (χ2v) is 7.68. The average Bonchev–Trinajstić information content (AvgIpc) is 2.66. The van der Waals surface area contributed by atoms with Gasteiger partial charge in [0.2, 0.25) is 0 Å². The highest BCUT2D eigenvalue weighted by atomic mass is 35.5. The minimum absolute atomic E-state index is 0.196. The zero-order chi connectivity index (χ0) is 19.4. The molecule has 3 nitrogen and oxygen atoms in total. The van der Waals surface area contributed by atoms with Crippen LogP contribution in [-0.4, -0.2) is 30.1 Å². The summed E-state index contributed by atoms with van der Waals surface area (Å²) in [6.45, 7) is 4.38. The molecule has 0 unspecified atom stereocenters. The Kier molecular flexibility index (Phi) is 6.55. The first-order chi connectivity index (χ1) is 13.0. The number of hydrogen-bond acceptors (Lipinski definition) is 3. The van der Waals surface area contributed by atoms with Crippen molar-refractivity contribution in [2.45, 2.75) is 26.4 Å². The molecule has 0 amide bonds. The van der Waals surface area contributed by atoms with Crippen LogP contribution in [0, 0.1) is 11.7 Å². The highest BCUT2D eigenvalue weighted by Crippen LogP contribution is 2.37. The monoisotopic (exact) mass is 407 g/mol. The number of piperidine rings is 1. The van der Waals surface area contributed by atoms with Gasteiger partial charge in [-0.3, -0.25) is 0 Å². The Morgan fingerprint density at radius 2 is 2.00 bits per heavy atom. The van der Waals surface area contributed by atoms with E-state index in [1.807, 2.05) is 12.1 Å². The summed E-state index contributed by atoms with van der Waals surface area (Å²) in [4.78, 5) is 2.99. The van der Waals surface area contributed by atoms with Gasteiger partial charge < -0.3 is 14.4 Å². The summed E-state index contributed by atoms with van der Waals surface area (Å²) in [6, 6.07) is 9.94. The molecule has 1 aliphatic heterocycles. The van der Waals surface area contributed by atoms with Gasteiger partial charge >= 0.3 is 0 Å². The number of likely N-dealkylation sites (tertiary alicyclic amines) is 1. The second kappa shape index (κ2) is 8.89. The maximum Gasteiger partial charge on any atom is 0.180 e. The fourth-order valence-electron chi connectivity index (χ4n) is 3.16. The van der Waals surface area contributed by atoms with Crippen LogP contribution in [0.3, 0.4) is 0 Å². The van der Waals surface area contributed by atoms with Gasteiger partial charge in [0.15, 0.2) is 11.5 Å². The zero-order valence-corrected chi connectivity index (χ0v) is 17.1. The van der Waals surface area contributed by atoms with Crippen molar-refractivity contribution in [3.05, 3.63) is 58.4 Å². The van der Waals surface area contributed by atoms with Gasteiger partial charge in [-0.2, -0.15) is 0 Å². The van der Waals surface area contributed by atoms with Gasteiger partial charge in [-0.15, -0.1) is 0 Å². The van der Waals surface area contributed by atoms with Crippen LogP contribution < -0.4 is 9.47 Å². The fraction of sp³-hybridized carbons (Fsp3) is 0.381. The maximum atomic E-state index is 13.3. The van der Waals surface area contributed by atoms with Crippen molar-refractivity contribution in [1.29, 1.82) is 0 Å². The van der Waals surface area contributed by atoms with E-state index in [9.17, 15) is 4.39 Å². The van der Waals surface area contributed by atoms with Crippen molar-refractivity contribution < 1.29 is 13.9 Å². The third kappa shape index (κ3) is 4.90. The van der Waals surface area contributed by atoms with E-state index in [0.717, 1.165) is 48.0 Å². The van der Waals surface area contributed by atoms with Crippen LogP contribution in [0.1, 0.15) is 30.9 Å². The van der Waals surface area contributed by atoms with Crippen LogP contribution in [0.15, 0.2) is 36.4 Å². The Morgan fingerprint density at radius 3 is 2.67 bits per heavy atom. The first-order valence-electron chi connectivity index (χ1n) is 9.02. The third-order valence-electron chi connectivity index (χ3n) is 4.82. The topological polar surface area (TPSA) is 21.7 Å². The minimum atomic E-state index is -0.300. The lowest BCUT2D eigenvalue weighted by atomic mass is 9.99. The number of benzene rings is 2. The molecule has 27 heavy (non-hydrogen) atoms. The van der Waals surface area contributed by atoms with Gasteiger partial charge in [0.1, 0.15) is 17.4 Å². The molecule has 0 aromatic heterocycles. The van der Waals surface area contributed by atoms with E-state index >= 15 is 0 Å². The van der Waals surface area contributed by atoms with Gasteiger partial charge in [0.25, 0.3) is 0 Å². The van der Waals surface area contributed by atoms with Gasteiger partial charge in [-0.25, -0.2) is 4.39 Å². The van der Waals surface area contributed by atoms with Crippen LogP contribution in [0.5, 0.6) is 11.5 Å². The molecule has 0 spiro atoms. The van der Waals surface area contributed by atoms with Crippen molar-refractivity contribution in [3.8, 4) is 11.5 Å². The van der Waals surface area contributed by atoms with E-state index in [1.165, 1.54) is 12.1 Å². The standard InChI is InChI=1S/C21H23ClFNO2S/c1-14-6-8-24(9-7-14)21(27)16-11-18(22)20(19(12-16)25-2)26-13-15-4-3-5-17(23)10-15/h3-5,10-12,14H,6-9,13H2,1-2H3. The molecule has 0 radical (unpaired) electrons. The molecule has 2 aromatic carbocycles. The first kappa shape index (κ1) is 19.9. The van der Waals surface area contributed by atoms with Crippen LogP contribution in [0.2, 0.25) is 5.02 Å². The Balaban J connectivity index is 1.77. The fourth-order valence-corrected chi connectivity index (χ4v) is 3.73. The molecule has 0 bridgehead atoms. The second-order valence-electron chi connectivity index (χ2n) is 6.88. The highest BCUT2D eigenvalue weighted by Gasteiger charge is 2.21. The molecule has 144 valence electrons. The van der Waals surface area contributed by atoms with E-state index < -0.39 is 0 Å². The molecule has 1 heterocycles. The van der Waals surface area contributed by atoms with Crippen molar-refractivity contribution in [2.75, 3.05) is 20.2 Å². The molecule has 0 saturated carbocycles. The number of hydrogen-bond donors (Lipinski definition) is 0. The number of nitrogens with zero attached hydrogens (tertiary/aromatic N) is 1. The molecule has 0 atom stereocenters. The zero-order valence-electron chi connectivity index (χ0n) is 15.5. The van der Waals surface area contributed by atoms with Crippen LogP contribution in [0.25, 0.3) is 0 Å². The van der Waals surface area contributed by atoms with Gasteiger partial charge in [-0.05, 0) is 48.6 Å². The molecular formula is C21H23ClFNO2S. The SMILES string of the molecule is COc1cc(C(=S)N2CCC(C)CC2)cc(Cl)c1OCc1cccc(F)c1. The quantitative estimate of drug-likeness (QED) is 0.612. The normalized spacial score (nSPS) is 14.9. The van der Waals surface area contributed by atoms with E-state index in [0.29, 0.717) is 16.5 Å². The number of thiocarbonyl (C=S) groups is 1. The molecule has 6 heteroatoms. The number of methoxy groups -OCH3 is 1. The Bertz CT molecular complexity index is 822. The average molecular weight is 408 g/mol. The van der Waals surface area contributed by atoms with Gasteiger partial charge in [0, 0.05) is 18.7 Å². The highest BCUT2D eigenvalue weighted by molar-refractivity contribution is 7.80. The maximum absolute atomic E-state index is 13.3. The smallest absolute Gasteiger partial charge is 0.180 e. The summed E-state index contributed by atoms with van der Waals surface area (Å²) in [7, 11) is 1.57. The van der Waals surface area contributed by atoms with Crippen molar-refractivity contribution in [1.82, 2.24) is 4.90 Å². The first-order valence-corrected chi connectivity index (χ1v) is 9.80. The van der Waals surface area contributed by atoms with Gasteiger partial charge in [-0.1, -0.05) is 42.9 Å². The minimum Gasteiger partial charge on any atom is -0.493 e. The molecule has 2 aromatic rings. The summed E-state index contributed by atoms with van der Waals surface area (Å²) in [5, 5.41) is 0.425. The molecular weight excluding hydrogens is 385 g/mol. The largest absolute Gasteiger partial charge is 0.493 e. The van der Waals surface area contributed by atoms with Crippen molar-refractivity contribution in [3.63, 3.8) is 0 Å². The van der Waals surface area contributed by atoms with E-state index in [4.69, 9.17) is 33.3 Å². The van der Waals surface area contributed by atoms with Gasteiger partial charge in [0.05, 0.1) is 12.1 Å². The summed E-state index contributed by atoms with van der Waals surface area (Å²) in [5.41, 5.74) is 1.56. The number of ether oxygens (including phenoxy) is 2. The number of rotatable bonds is 5. The van der Waals surface area contributed by atoms with Crippen LogP contribution in [0.4, 0.5) is 4.39 Å². The molecule has 3 rings (SSSR count). The van der Waals surface area contributed by atoms with Crippen molar-refractivity contribution >= 4 is 28.8 Å². The van der Waals surface area contributed by atoms with E-state index in [1.54, 1.807) is 19.2 Å². The molecule has 1 saturated heterocycles.